The standard InChI is InChI=1S/C10H18N2OS/c1-7(6-14-3)12-8(2)11-10(4-5-10)9(12)13/h7-8,11H,4-6H2,1-3H3. The van der Waals surface area contributed by atoms with E-state index in [9.17, 15) is 4.79 Å². The van der Waals surface area contributed by atoms with Crippen molar-refractivity contribution in [3.63, 3.8) is 0 Å². The lowest BCUT2D eigenvalue weighted by atomic mass is 10.2. The minimum atomic E-state index is -0.147. The van der Waals surface area contributed by atoms with E-state index in [2.05, 4.69) is 25.4 Å². The van der Waals surface area contributed by atoms with E-state index in [4.69, 9.17) is 0 Å². The third kappa shape index (κ3) is 1.44. The molecule has 3 nitrogen and oxygen atoms in total. The van der Waals surface area contributed by atoms with Crippen LogP contribution in [0.2, 0.25) is 0 Å². The first-order valence-electron chi connectivity index (χ1n) is 5.20. The molecule has 14 heavy (non-hydrogen) atoms. The van der Waals surface area contributed by atoms with Crippen LogP contribution in [0.4, 0.5) is 0 Å². The highest BCUT2D eigenvalue weighted by Gasteiger charge is 2.58. The average Bonchev–Trinajstić information content (AvgIpc) is 2.81. The fourth-order valence-electron chi connectivity index (χ4n) is 2.34. The van der Waals surface area contributed by atoms with E-state index >= 15 is 0 Å². The molecular weight excluding hydrogens is 196 g/mol. The molecule has 2 unspecified atom stereocenters. The van der Waals surface area contributed by atoms with E-state index in [1.807, 2.05) is 4.90 Å². The van der Waals surface area contributed by atoms with Gasteiger partial charge in [-0.1, -0.05) is 0 Å². The Hall–Kier alpha value is -0.220. The molecular formula is C10H18N2OS. The smallest absolute Gasteiger partial charge is 0.244 e. The van der Waals surface area contributed by atoms with Crippen LogP contribution in [0, 0.1) is 0 Å². The second kappa shape index (κ2) is 3.42. The summed E-state index contributed by atoms with van der Waals surface area (Å²) in [4.78, 5) is 14.1. The van der Waals surface area contributed by atoms with Gasteiger partial charge < -0.3 is 4.90 Å². The van der Waals surface area contributed by atoms with Gasteiger partial charge in [0.25, 0.3) is 0 Å². The number of hydrogen-bond donors (Lipinski definition) is 1. The Labute approximate surface area is 89.6 Å². The summed E-state index contributed by atoms with van der Waals surface area (Å²) < 4.78 is 0. The zero-order valence-electron chi connectivity index (χ0n) is 9.04. The third-order valence-electron chi connectivity index (χ3n) is 3.18. The van der Waals surface area contributed by atoms with Crippen LogP contribution in [0.3, 0.4) is 0 Å². The van der Waals surface area contributed by atoms with Crippen molar-refractivity contribution in [2.24, 2.45) is 0 Å². The molecule has 1 amide bonds. The zero-order valence-corrected chi connectivity index (χ0v) is 9.86. The summed E-state index contributed by atoms with van der Waals surface area (Å²) in [5, 5.41) is 3.41. The van der Waals surface area contributed by atoms with Crippen molar-refractivity contribution in [1.29, 1.82) is 0 Å². The largest absolute Gasteiger partial charge is 0.322 e. The Morgan fingerprint density at radius 3 is 2.79 bits per heavy atom. The van der Waals surface area contributed by atoms with Gasteiger partial charge in [0, 0.05) is 11.8 Å². The van der Waals surface area contributed by atoms with Crippen LogP contribution >= 0.6 is 11.8 Å². The van der Waals surface area contributed by atoms with Crippen molar-refractivity contribution < 1.29 is 4.79 Å². The second-order valence-electron chi connectivity index (χ2n) is 4.42. The lowest BCUT2D eigenvalue weighted by Gasteiger charge is -2.27. The first-order valence-corrected chi connectivity index (χ1v) is 6.59. The van der Waals surface area contributed by atoms with Crippen molar-refractivity contribution in [2.45, 2.75) is 44.4 Å². The third-order valence-corrected chi connectivity index (χ3v) is 3.99. The molecule has 80 valence electrons. The SMILES string of the molecule is CSCC(C)N1C(=O)C2(CC2)NC1C. The Kier molecular flexibility index (Phi) is 2.52. The molecule has 2 atom stereocenters. The van der Waals surface area contributed by atoms with Gasteiger partial charge in [-0.05, 0) is 32.9 Å². The monoisotopic (exact) mass is 214 g/mol. The summed E-state index contributed by atoms with van der Waals surface area (Å²) in [6.45, 7) is 4.22. The van der Waals surface area contributed by atoms with Gasteiger partial charge in [0.1, 0.15) is 0 Å². The van der Waals surface area contributed by atoms with E-state index in [-0.39, 0.29) is 11.7 Å². The summed E-state index contributed by atoms with van der Waals surface area (Å²) in [6, 6.07) is 0.347. The number of amides is 1. The first-order chi connectivity index (χ1) is 6.60. The van der Waals surface area contributed by atoms with Crippen molar-refractivity contribution in [3.8, 4) is 0 Å². The Morgan fingerprint density at radius 2 is 2.36 bits per heavy atom. The van der Waals surface area contributed by atoms with E-state index in [1.54, 1.807) is 11.8 Å². The van der Waals surface area contributed by atoms with Crippen LogP contribution in [-0.4, -0.2) is 40.6 Å². The fraction of sp³-hybridized carbons (Fsp3) is 0.900. The molecule has 1 aliphatic heterocycles. The number of rotatable bonds is 3. The molecule has 1 heterocycles. The summed E-state index contributed by atoms with van der Waals surface area (Å²) in [7, 11) is 0. The highest BCUT2D eigenvalue weighted by Crippen LogP contribution is 2.42. The van der Waals surface area contributed by atoms with Gasteiger partial charge in [-0.3, -0.25) is 10.1 Å². The summed E-state index contributed by atoms with van der Waals surface area (Å²) in [5.74, 6) is 1.35. The lowest BCUT2D eigenvalue weighted by molar-refractivity contribution is -0.132. The normalized spacial score (nSPS) is 31.2. The van der Waals surface area contributed by atoms with Crippen LogP contribution in [0.25, 0.3) is 0 Å². The average molecular weight is 214 g/mol. The first kappa shape index (κ1) is 10.3. The topological polar surface area (TPSA) is 32.3 Å². The summed E-state index contributed by atoms with van der Waals surface area (Å²) >= 11 is 1.80. The van der Waals surface area contributed by atoms with Crippen LogP contribution in [0.15, 0.2) is 0 Å². The van der Waals surface area contributed by atoms with Crippen LogP contribution in [0.5, 0.6) is 0 Å². The Balaban J connectivity index is 2.07. The minimum absolute atomic E-state index is 0.147. The van der Waals surface area contributed by atoms with Crippen LogP contribution in [-0.2, 0) is 4.79 Å². The second-order valence-corrected chi connectivity index (χ2v) is 5.33. The van der Waals surface area contributed by atoms with Gasteiger partial charge in [0.2, 0.25) is 5.91 Å². The number of nitrogens with one attached hydrogen (secondary N) is 1. The number of nitrogens with zero attached hydrogens (tertiary/aromatic N) is 1. The van der Waals surface area contributed by atoms with E-state index in [0.717, 1.165) is 18.6 Å². The van der Waals surface area contributed by atoms with Crippen molar-refractivity contribution in [3.05, 3.63) is 0 Å². The summed E-state index contributed by atoms with van der Waals surface area (Å²) in [6.07, 6.45) is 4.35. The van der Waals surface area contributed by atoms with E-state index < -0.39 is 0 Å². The fourth-order valence-corrected chi connectivity index (χ4v) is 2.98. The van der Waals surface area contributed by atoms with Crippen molar-refractivity contribution in [1.82, 2.24) is 10.2 Å². The molecule has 2 fully saturated rings. The van der Waals surface area contributed by atoms with Crippen molar-refractivity contribution >= 4 is 17.7 Å². The highest BCUT2D eigenvalue weighted by atomic mass is 32.2. The van der Waals surface area contributed by atoms with E-state index in [1.165, 1.54) is 0 Å². The molecule has 2 aliphatic rings. The molecule has 1 saturated carbocycles. The molecule has 1 aliphatic carbocycles. The molecule has 2 rings (SSSR count). The summed E-state index contributed by atoms with van der Waals surface area (Å²) in [5.41, 5.74) is -0.147. The number of thioether (sulfide) groups is 1. The van der Waals surface area contributed by atoms with Crippen molar-refractivity contribution in [2.75, 3.05) is 12.0 Å². The van der Waals surface area contributed by atoms with Gasteiger partial charge in [0.05, 0.1) is 11.7 Å². The van der Waals surface area contributed by atoms with Gasteiger partial charge in [-0.25, -0.2) is 0 Å². The maximum atomic E-state index is 12.1. The molecule has 0 bridgehead atoms. The lowest BCUT2D eigenvalue weighted by Crippen LogP contribution is -2.42. The molecule has 1 spiro atoms. The van der Waals surface area contributed by atoms with Gasteiger partial charge >= 0.3 is 0 Å². The molecule has 0 aromatic rings. The molecule has 0 aromatic heterocycles. The Morgan fingerprint density at radius 1 is 1.71 bits per heavy atom. The molecule has 1 N–H and O–H groups in total. The Bertz CT molecular complexity index is 253. The predicted molar refractivity (Wildman–Crippen MR) is 59.3 cm³/mol. The minimum Gasteiger partial charge on any atom is -0.322 e. The maximum Gasteiger partial charge on any atom is 0.244 e. The number of carbonyl (C=O) groups is 1. The highest BCUT2D eigenvalue weighted by molar-refractivity contribution is 7.98. The quantitative estimate of drug-likeness (QED) is 0.762. The van der Waals surface area contributed by atoms with Crippen LogP contribution in [0.1, 0.15) is 26.7 Å². The van der Waals surface area contributed by atoms with Crippen LogP contribution < -0.4 is 5.32 Å². The maximum absolute atomic E-state index is 12.1. The number of hydrogen-bond acceptors (Lipinski definition) is 3. The zero-order chi connectivity index (χ0) is 10.3. The van der Waals surface area contributed by atoms with Gasteiger partial charge in [-0.15, -0.1) is 0 Å². The van der Waals surface area contributed by atoms with Gasteiger partial charge in [-0.2, -0.15) is 11.8 Å². The van der Waals surface area contributed by atoms with Gasteiger partial charge in [0.15, 0.2) is 0 Å². The molecule has 0 radical (unpaired) electrons. The van der Waals surface area contributed by atoms with E-state index in [0.29, 0.717) is 11.9 Å². The molecule has 0 aromatic carbocycles. The molecule has 4 heteroatoms. The predicted octanol–water partition coefficient (Wildman–Crippen LogP) is 1.05. The number of carbonyl (C=O) groups excluding carboxylic acids is 1. The molecule has 1 saturated heterocycles.